The van der Waals surface area contributed by atoms with Crippen LogP contribution in [0.1, 0.15) is 36.0 Å². The van der Waals surface area contributed by atoms with Crippen LogP contribution in [0.2, 0.25) is 0 Å². The summed E-state index contributed by atoms with van der Waals surface area (Å²) in [6, 6.07) is 29.5. The molecule has 0 radical (unpaired) electrons. The van der Waals surface area contributed by atoms with E-state index in [1.165, 1.54) is 7.11 Å². The minimum Gasteiger partial charge on any atom is -0.468 e. The molecule has 30 heavy (non-hydrogen) atoms. The van der Waals surface area contributed by atoms with Crippen LogP contribution in [0.4, 0.5) is 0 Å². The number of nitrogens with two attached hydrogens (primary N) is 1. The van der Waals surface area contributed by atoms with Crippen molar-refractivity contribution in [2.24, 2.45) is 5.73 Å². The summed E-state index contributed by atoms with van der Waals surface area (Å²) in [6.07, 6.45) is 0.753. The molecule has 3 rings (SSSR count). The van der Waals surface area contributed by atoms with Crippen LogP contribution < -0.4 is 5.73 Å². The predicted octanol–water partition coefficient (Wildman–Crippen LogP) is 4.26. The van der Waals surface area contributed by atoms with Crippen LogP contribution in [0.3, 0.4) is 0 Å². The average molecular weight is 402 g/mol. The molecule has 0 spiro atoms. The molecule has 4 nitrogen and oxygen atoms in total. The Bertz CT molecular complexity index is 859. The van der Waals surface area contributed by atoms with Gasteiger partial charge >= 0.3 is 5.97 Å². The largest absolute Gasteiger partial charge is 0.468 e. The summed E-state index contributed by atoms with van der Waals surface area (Å²) >= 11 is 0. The highest BCUT2D eigenvalue weighted by molar-refractivity contribution is 5.83. The number of esters is 1. The van der Waals surface area contributed by atoms with Crippen molar-refractivity contribution >= 4 is 11.8 Å². The number of ether oxygens (including phenoxy) is 1. The molecule has 3 aromatic rings. The van der Waals surface area contributed by atoms with Gasteiger partial charge in [-0.1, -0.05) is 91.0 Å². The third kappa shape index (κ3) is 4.66. The fourth-order valence-electron chi connectivity index (χ4n) is 3.94. The first-order valence-corrected chi connectivity index (χ1v) is 10.1. The van der Waals surface area contributed by atoms with Gasteiger partial charge < -0.3 is 10.5 Å². The van der Waals surface area contributed by atoms with E-state index >= 15 is 0 Å². The number of methoxy groups -OCH3 is 1. The highest BCUT2D eigenvalue weighted by atomic mass is 16.5. The monoisotopic (exact) mass is 401 g/mol. The molecule has 3 aromatic carbocycles. The first-order chi connectivity index (χ1) is 14.6. The van der Waals surface area contributed by atoms with E-state index in [0.717, 1.165) is 16.7 Å². The van der Waals surface area contributed by atoms with Crippen LogP contribution in [-0.2, 0) is 19.7 Å². The normalized spacial score (nSPS) is 12.2. The van der Waals surface area contributed by atoms with Crippen molar-refractivity contribution in [1.82, 2.24) is 0 Å². The molecule has 0 saturated carbocycles. The van der Waals surface area contributed by atoms with Gasteiger partial charge in [0.15, 0.2) is 0 Å². The molecule has 0 aliphatic heterocycles. The zero-order chi connectivity index (χ0) is 21.4. The van der Waals surface area contributed by atoms with Crippen molar-refractivity contribution in [2.75, 3.05) is 7.11 Å². The molecule has 0 bridgehead atoms. The summed E-state index contributed by atoms with van der Waals surface area (Å²) in [5.74, 6) is -0.450. The zero-order valence-corrected chi connectivity index (χ0v) is 17.2. The highest BCUT2D eigenvalue weighted by Gasteiger charge is 2.38. The maximum absolute atomic E-state index is 13.2. The molecular weight excluding hydrogens is 374 g/mol. The Morgan fingerprint density at radius 1 is 0.800 bits per heavy atom. The van der Waals surface area contributed by atoms with Crippen molar-refractivity contribution in [3.05, 3.63) is 108 Å². The van der Waals surface area contributed by atoms with Gasteiger partial charge in [-0.2, -0.15) is 0 Å². The average Bonchev–Trinajstić information content (AvgIpc) is 2.82. The topological polar surface area (TPSA) is 69.4 Å². The molecule has 0 amide bonds. The second-order valence-electron chi connectivity index (χ2n) is 7.39. The first-order valence-electron chi connectivity index (χ1n) is 10.1. The van der Waals surface area contributed by atoms with Crippen molar-refractivity contribution in [1.29, 1.82) is 0 Å². The smallest absolute Gasteiger partial charge is 0.322 e. The molecule has 0 fully saturated rings. The summed E-state index contributed by atoms with van der Waals surface area (Å²) in [5, 5.41) is 0. The lowest BCUT2D eigenvalue weighted by atomic mass is 9.66. The van der Waals surface area contributed by atoms with Crippen LogP contribution in [-0.4, -0.2) is 24.9 Å². The number of hydrogen-bond donors (Lipinski definition) is 1. The Kier molecular flexibility index (Phi) is 7.15. The summed E-state index contributed by atoms with van der Waals surface area (Å²) < 4.78 is 4.68. The van der Waals surface area contributed by atoms with Crippen molar-refractivity contribution in [3.8, 4) is 0 Å². The number of benzene rings is 3. The van der Waals surface area contributed by atoms with Gasteiger partial charge in [-0.15, -0.1) is 0 Å². The van der Waals surface area contributed by atoms with E-state index < -0.39 is 17.4 Å². The molecular formula is C26H27NO3. The fraction of sp³-hybridized carbons (Fsp3) is 0.231. The van der Waals surface area contributed by atoms with Crippen molar-refractivity contribution in [2.45, 2.75) is 30.7 Å². The lowest BCUT2D eigenvalue weighted by molar-refractivity contribution is -0.142. The molecule has 154 valence electrons. The lowest BCUT2D eigenvalue weighted by Crippen LogP contribution is -2.34. The van der Waals surface area contributed by atoms with Crippen LogP contribution in [0.25, 0.3) is 0 Å². The molecule has 0 saturated heterocycles. The SMILES string of the molecule is COC(=O)[C@@H](N)CCC(=O)CC(c1ccccc1)(c1ccccc1)c1ccccc1. The molecule has 0 unspecified atom stereocenters. The number of hydrogen-bond acceptors (Lipinski definition) is 4. The maximum atomic E-state index is 13.2. The number of carbonyl (C=O) groups excluding carboxylic acids is 2. The van der Waals surface area contributed by atoms with E-state index in [0.29, 0.717) is 0 Å². The Hall–Kier alpha value is -3.24. The van der Waals surface area contributed by atoms with E-state index in [1.807, 2.05) is 54.6 Å². The number of ketones is 1. The fourth-order valence-corrected chi connectivity index (χ4v) is 3.94. The summed E-state index contributed by atoms with van der Waals surface area (Å²) in [4.78, 5) is 24.8. The molecule has 0 aliphatic rings. The minimum absolute atomic E-state index is 0.0471. The third-order valence-electron chi connectivity index (χ3n) is 5.50. The quantitative estimate of drug-likeness (QED) is 0.430. The second kappa shape index (κ2) is 9.99. The Balaban J connectivity index is 2.03. The van der Waals surface area contributed by atoms with Gasteiger partial charge in [0.25, 0.3) is 0 Å². The molecule has 2 N–H and O–H groups in total. The van der Waals surface area contributed by atoms with Crippen LogP contribution >= 0.6 is 0 Å². The second-order valence-corrected chi connectivity index (χ2v) is 7.39. The Morgan fingerprint density at radius 3 is 1.57 bits per heavy atom. The highest BCUT2D eigenvalue weighted by Crippen LogP contribution is 2.42. The first kappa shape index (κ1) is 21.5. The van der Waals surface area contributed by atoms with Crippen molar-refractivity contribution in [3.63, 3.8) is 0 Å². The minimum atomic E-state index is -0.793. The van der Waals surface area contributed by atoms with Gasteiger partial charge in [-0.3, -0.25) is 9.59 Å². The van der Waals surface area contributed by atoms with Gasteiger partial charge in [0, 0.05) is 12.8 Å². The van der Waals surface area contributed by atoms with Crippen molar-refractivity contribution < 1.29 is 14.3 Å². The van der Waals surface area contributed by atoms with Crippen LogP contribution in [0.15, 0.2) is 91.0 Å². The van der Waals surface area contributed by atoms with Gasteiger partial charge in [0.2, 0.25) is 0 Å². The van der Waals surface area contributed by atoms with E-state index in [1.54, 1.807) is 0 Å². The lowest BCUT2D eigenvalue weighted by Gasteiger charge is -2.35. The number of rotatable bonds is 9. The molecule has 0 aromatic heterocycles. The van der Waals surface area contributed by atoms with E-state index in [9.17, 15) is 9.59 Å². The molecule has 0 aliphatic carbocycles. The summed E-state index contributed by atoms with van der Waals surface area (Å²) in [5.41, 5.74) is 8.36. The molecule has 1 atom stereocenters. The Labute approximate surface area is 177 Å². The number of carbonyl (C=O) groups is 2. The van der Waals surface area contributed by atoms with Gasteiger partial charge in [-0.25, -0.2) is 0 Å². The van der Waals surface area contributed by atoms with Gasteiger partial charge in [0.1, 0.15) is 11.8 Å². The number of Topliss-reactive ketones (excluding diaryl/α,β-unsaturated/α-hetero) is 1. The van der Waals surface area contributed by atoms with E-state index in [2.05, 4.69) is 41.1 Å². The van der Waals surface area contributed by atoms with Gasteiger partial charge in [-0.05, 0) is 23.1 Å². The third-order valence-corrected chi connectivity index (χ3v) is 5.50. The Morgan fingerprint density at radius 2 is 1.20 bits per heavy atom. The molecule has 4 heteroatoms. The zero-order valence-electron chi connectivity index (χ0n) is 17.2. The predicted molar refractivity (Wildman–Crippen MR) is 118 cm³/mol. The van der Waals surface area contributed by atoms with E-state index in [-0.39, 0.29) is 25.0 Å². The summed E-state index contributed by atoms with van der Waals surface area (Å²) in [7, 11) is 1.30. The molecule has 0 heterocycles. The summed E-state index contributed by atoms with van der Waals surface area (Å²) in [6.45, 7) is 0. The van der Waals surface area contributed by atoms with Crippen LogP contribution in [0.5, 0.6) is 0 Å². The maximum Gasteiger partial charge on any atom is 0.322 e. The van der Waals surface area contributed by atoms with E-state index in [4.69, 9.17) is 5.73 Å². The van der Waals surface area contributed by atoms with Crippen LogP contribution in [0, 0.1) is 0 Å². The standard InChI is InChI=1S/C26H27NO3/c1-30-25(29)24(27)18-17-23(28)19-26(20-11-5-2-6-12-20,21-13-7-3-8-14-21)22-15-9-4-10-16-22/h2-16,24H,17-19,27H2,1H3/t24-/m0/s1. The van der Waals surface area contributed by atoms with Gasteiger partial charge in [0.05, 0.1) is 12.5 Å².